The van der Waals surface area contributed by atoms with Crippen molar-refractivity contribution < 1.29 is 0 Å². The Morgan fingerprint density at radius 3 is 2.92 bits per heavy atom. The third kappa shape index (κ3) is 2.09. The molecular weight excluding hydrogens is 279 g/mol. The Kier molecular flexibility index (Phi) is 2.34. The highest BCUT2D eigenvalue weighted by Gasteiger charge is 1.98. The van der Waals surface area contributed by atoms with Crippen LogP contribution in [0.1, 0.15) is 5.56 Å². The molecule has 5 heteroatoms. The molecule has 0 amide bonds. The number of halogens is 1. The van der Waals surface area contributed by atoms with E-state index in [2.05, 4.69) is 32.8 Å². The van der Waals surface area contributed by atoms with E-state index in [1.807, 2.05) is 36.4 Å². The molecular formula is C8H9IN4. The van der Waals surface area contributed by atoms with E-state index in [1.54, 1.807) is 4.68 Å². The van der Waals surface area contributed by atoms with Crippen molar-refractivity contribution in [2.75, 3.05) is 0 Å². The minimum Gasteiger partial charge on any atom is -0.275 e. The summed E-state index contributed by atoms with van der Waals surface area (Å²) in [5, 5.41) is 8.37. The van der Waals surface area contributed by atoms with Crippen LogP contribution < -0.4 is 0 Å². The van der Waals surface area contributed by atoms with Crippen LogP contribution in [0, 0.1) is 3.70 Å². The van der Waals surface area contributed by atoms with Gasteiger partial charge in [0.25, 0.3) is 0 Å². The average molecular weight is 288 g/mol. The smallest absolute Gasteiger partial charge is 0.123 e. The first-order valence-corrected chi connectivity index (χ1v) is 4.98. The van der Waals surface area contributed by atoms with Gasteiger partial charge in [-0.2, -0.15) is 10.2 Å². The molecule has 0 fully saturated rings. The minimum atomic E-state index is 0.789. The fraction of sp³-hybridized carbons (Fsp3) is 0.250. The molecule has 0 aromatic carbocycles. The molecule has 2 aromatic heterocycles. The number of hydrogen-bond donors (Lipinski definition) is 0. The summed E-state index contributed by atoms with van der Waals surface area (Å²) < 4.78 is 4.71. The molecule has 2 rings (SSSR count). The summed E-state index contributed by atoms with van der Waals surface area (Å²) in [7, 11) is 1.91. The molecule has 0 N–H and O–H groups in total. The predicted molar refractivity (Wildman–Crippen MR) is 57.3 cm³/mol. The van der Waals surface area contributed by atoms with Crippen molar-refractivity contribution in [2.45, 2.75) is 6.54 Å². The van der Waals surface area contributed by atoms with Crippen LogP contribution in [-0.4, -0.2) is 19.6 Å². The van der Waals surface area contributed by atoms with Crippen molar-refractivity contribution in [1.29, 1.82) is 0 Å². The van der Waals surface area contributed by atoms with Crippen molar-refractivity contribution in [2.24, 2.45) is 7.05 Å². The summed E-state index contributed by atoms with van der Waals surface area (Å²) in [6.07, 6.45) is 5.82. The van der Waals surface area contributed by atoms with Gasteiger partial charge in [0.15, 0.2) is 0 Å². The molecule has 68 valence electrons. The van der Waals surface area contributed by atoms with E-state index in [-0.39, 0.29) is 0 Å². The molecule has 0 saturated carbocycles. The zero-order chi connectivity index (χ0) is 9.26. The zero-order valence-corrected chi connectivity index (χ0v) is 9.34. The van der Waals surface area contributed by atoms with Gasteiger partial charge in [-0.25, -0.2) is 0 Å². The average Bonchev–Trinajstić information content (AvgIpc) is 2.62. The van der Waals surface area contributed by atoms with Crippen LogP contribution in [0.4, 0.5) is 0 Å². The molecule has 0 aliphatic carbocycles. The molecule has 0 aliphatic rings. The quantitative estimate of drug-likeness (QED) is 0.780. The maximum Gasteiger partial charge on any atom is 0.123 e. The Morgan fingerprint density at radius 2 is 2.38 bits per heavy atom. The summed E-state index contributed by atoms with van der Waals surface area (Å²) in [6, 6.07) is 1.98. The summed E-state index contributed by atoms with van der Waals surface area (Å²) in [6.45, 7) is 0.789. The van der Waals surface area contributed by atoms with E-state index in [1.165, 1.54) is 5.56 Å². The molecule has 13 heavy (non-hydrogen) atoms. The van der Waals surface area contributed by atoms with Gasteiger partial charge in [0.2, 0.25) is 0 Å². The lowest BCUT2D eigenvalue weighted by molar-refractivity contribution is 0.680. The lowest BCUT2D eigenvalue weighted by Gasteiger charge is -1.95. The molecule has 0 radical (unpaired) electrons. The van der Waals surface area contributed by atoms with E-state index in [0.29, 0.717) is 0 Å². The van der Waals surface area contributed by atoms with Crippen LogP contribution in [0.25, 0.3) is 0 Å². The molecule has 0 atom stereocenters. The molecule has 0 aliphatic heterocycles. The molecule has 0 bridgehead atoms. The Morgan fingerprint density at radius 1 is 1.54 bits per heavy atom. The highest BCUT2D eigenvalue weighted by molar-refractivity contribution is 14.1. The molecule has 0 saturated heterocycles. The van der Waals surface area contributed by atoms with Gasteiger partial charge in [-0.1, -0.05) is 0 Å². The van der Waals surface area contributed by atoms with E-state index in [0.717, 1.165) is 10.2 Å². The van der Waals surface area contributed by atoms with Crippen LogP contribution in [0.15, 0.2) is 24.7 Å². The highest BCUT2D eigenvalue weighted by atomic mass is 127. The van der Waals surface area contributed by atoms with Crippen LogP contribution >= 0.6 is 22.6 Å². The molecule has 2 heterocycles. The fourth-order valence-corrected chi connectivity index (χ4v) is 1.60. The number of aryl methyl sites for hydroxylation is 1. The third-order valence-electron chi connectivity index (χ3n) is 1.71. The first-order valence-electron chi connectivity index (χ1n) is 3.90. The number of rotatable bonds is 2. The zero-order valence-electron chi connectivity index (χ0n) is 7.18. The second-order valence-corrected chi connectivity index (χ2v) is 3.96. The summed E-state index contributed by atoms with van der Waals surface area (Å²) in [4.78, 5) is 0. The van der Waals surface area contributed by atoms with Crippen molar-refractivity contribution in [3.05, 3.63) is 33.9 Å². The number of nitrogens with zero attached hydrogens (tertiary/aromatic N) is 4. The second kappa shape index (κ2) is 3.49. The van der Waals surface area contributed by atoms with Crippen molar-refractivity contribution in [3.63, 3.8) is 0 Å². The largest absolute Gasteiger partial charge is 0.275 e. The van der Waals surface area contributed by atoms with Crippen LogP contribution in [0.3, 0.4) is 0 Å². The predicted octanol–water partition coefficient (Wildman–Crippen LogP) is 1.27. The van der Waals surface area contributed by atoms with Gasteiger partial charge in [-0.15, -0.1) is 0 Å². The lowest BCUT2D eigenvalue weighted by atomic mass is 10.4. The van der Waals surface area contributed by atoms with Crippen molar-refractivity contribution >= 4 is 22.6 Å². The topological polar surface area (TPSA) is 35.6 Å². The second-order valence-electron chi connectivity index (χ2n) is 2.86. The van der Waals surface area contributed by atoms with Crippen molar-refractivity contribution in [1.82, 2.24) is 19.6 Å². The first kappa shape index (κ1) is 8.74. The third-order valence-corrected chi connectivity index (χ3v) is 2.29. The summed E-state index contributed by atoms with van der Waals surface area (Å²) in [5.74, 6) is 0. The maximum atomic E-state index is 4.28. The van der Waals surface area contributed by atoms with E-state index in [4.69, 9.17) is 0 Å². The number of hydrogen-bond acceptors (Lipinski definition) is 2. The van der Waals surface area contributed by atoms with Gasteiger partial charge >= 0.3 is 0 Å². The molecule has 2 aromatic rings. The standard InChI is InChI=1S/C8H9IN4/c1-12-5-7(4-10-12)6-13-3-2-8(9)11-13/h2-5H,6H2,1H3. The van der Waals surface area contributed by atoms with Gasteiger partial charge in [0.05, 0.1) is 12.7 Å². The molecule has 4 nitrogen and oxygen atoms in total. The SMILES string of the molecule is Cn1cc(Cn2ccc(I)n2)cn1. The van der Waals surface area contributed by atoms with Crippen LogP contribution in [0.5, 0.6) is 0 Å². The Hall–Kier alpha value is -0.850. The summed E-state index contributed by atoms with van der Waals surface area (Å²) >= 11 is 2.20. The van der Waals surface area contributed by atoms with Gasteiger partial charge in [-0.05, 0) is 28.7 Å². The monoisotopic (exact) mass is 288 g/mol. The van der Waals surface area contributed by atoms with Crippen LogP contribution in [-0.2, 0) is 13.6 Å². The van der Waals surface area contributed by atoms with E-state index in [9.17, 15) is 0 Å². The van der Waals surface area contributed by atoms with Crippen LogP contribution in [0.2, 0.25) is 0 Å². The van der Waals surface area contributed by atoms with E-state index >= 15 is 0 Å². The minimum absolute atomic E-state index is 0.789. The lowest BCUT2D eigenvalue weighted by Crippen LogP contribution is -1.99. The summed E-state index contributed by atoms with van der Waals surface area (Å²) in [5.41, 5.74) is 1.17. The number of aromatic nitrogens is 4. The van der Waals surface area contributed by atoms with Gasteiger partial charge in [0.1, 0.15) is 3.70 Å². The molecule has 0 spiro atoms. The fourth-order valence-electron chi connectivity index (χ4n) is 1.17. The Balaban J connectivity index is 2.14. The van der Waals surface area contributed by atoms with Gasteiger partial charge < -0.3 is 0 Å². The Labute approximate surface area is 89.7 Å². The van der Waals surface area contributed by atoms with Crippen molar-refractivity contribution in [3.8, 4) is 0 Å². The van der Waals surface area contributed by atoms with Gasteiger partial charge in [-0.3, -0.25) is 9.36 Å². The van der Waals surface area contributed by atoms with Gasteiger partial charge in [0, 0.05) is 25.0 Å². The normalized spacial score (nSPS) is 10.6. The first-order chi connectivity index (χ1) is 6.24. The highest BCUT2D eigenvalue weighted by Crippen LogP contribution is 2.03. The maximum absolute atomic E-state index is 4.28. The Bertz CT molecular complexity index is 365. The molecule has 0 unspecified atom stereocenters. The van der Waals surface area contributed by atoms with E-state index < -0.39 is 0 Å².